The molecular weight excluding hydrogens is 240 g/mol. The van der Waals surface area contributed by atoms with Crippen LogP contribution in [0.3, 0.4) is 0 Å². The molecule has 0 aliphatic carbocycles. The summed E-state index contributed by atoms with van der Waals surface area (Å²) in [5.74, 6) is -0.0100. The van der Waals surface area contributed by atoms with E-state index in [-0.39, 0.29) is 5.78 Å². The quantitative estimate of drug-likeness (QED) is 0.473. The molecule has 19 heavy (non-hydrogen) atoms. The molecule has 5 nitrogen and oxygen atoms in total. The summed E-state index contributed by atoms with van der Waals surface area (Å²) in [6, 6.07) is 5.44. The van der Waals surface area contributed by atoms with E-state index in [1.54, 1.807) is 24.7 Å². The molecule has 0 radical (unpaired) electrons. The molecule has 2 rings (SSSR count). The lowest BCUT2D eigenvalue weighted by molar-refractivity contribution is 0.101. The van der Waals surface area contributed by atoms with Crippen molar-refractivity contribution in [1.29, 1.82) is 0 Å². The number of imidazole rings is 1. The normalized spacial score (nSPS) is 10.4. The number of nitrogens with two attached hydrogens (primary N) is 1. The van der Waals surface area contributed by atoms with Gasteiger partial charge in [0.1, 0.15) is 0 Å². The lowest BCUT2D eigenvalue weighted by Crippen LogP contribution is -2.07. The molecule has 5 heteroatoms. The maximum absolute atomic E-state index is 11.3. The third-order valence-corrected chi connectivity index (χ3v) is 2.91. The van der Waals surface area contributed by atoms with Crippen LogP contribution >= 0.6 is 0 Å². The SMILES string of the molecule is CC(=O)c1ccc(NCCCn2ccnc2)cc1N. The van der Waals surface area contributed by atoms with Gasteiger partial charge >= 0.3 is 0 Å². The van der Waals surface area contributed by atoms with E-state index in [2.05, 4.69) is 10.3 Å². The zero-order valence-corrected chi connectivity index (χ0v) is 11.0. The van der Waals surface area contributed by atoms with E-state index in [0.717, 1.165) is 25.2 Å². The van der Waals surface area contributed by atoms with Crippen LogP contribution in [-0.4, -0.2) is 21.9 Å². The fraction of sp³-hybridized carbons (Fsp3) is 0.286. The van der Waals surface area contributed by atoms with Gasteiger partial charge in [-0.1, -0.05) is 0 Å². The Labute approximate surface area is 112 Å². The van der Waals surface area contributed by atoms with Crippen molar-refractivity contribution >= 4 is 17.2 Å². The van der Waals surface area contributed by atoms with Crippen molar-refractivity contribution in [3.05, 3.63) is 42.5 Å². The Morgan fingerprint density at radius 3 is 2.95 bits per heavy atom. The second-order valence-electron chi connectivity index (χ2n) is 4.44. The number of nitrogens with zero attached hydrogens (tertiary/aromatic N) is 2. The molecule has 3 N–H and O–H groups in total. The van der Waals surface area contributed by atoms with E-state index in [1.165, 1.54) is 6.92 Å². The monoisotopic (exact) mass is 258 g/mol. The molecule has 0 saturated heterocycles. The molecule has 0 spiro atoms. The molecule has 0 atom stereocenters. The number of Topliss-reactive ketones (excluding diaryl/α,β-unsaturated/α-hetero) is 1. The van der Waals surface area contributed by atoms with Crippen LogP contribution in [0.25, 0.3) is 0 Å². The van der Waals surface area contributed by atoms with Gasteiger partial charge < -0.3 is 15.6 Å². The average Bonchev–Trinajstić information content (AvgIpc) is 2.87. The first-order chi connectivity index (χ1) is 9.16. The maximum Gasteiger partial charge on any atom is 0.161 e. The fourth-order valence-corrected chi connectivity index (χ4v) is 1.91. The highest BCUT2D eigenvalue weighted by molar-refractivity contribution is 5.99. The standard InChI is InChI=1S/C14H18N4O/c1-11(19)13-4-3-12(9-14(13)15)17-5-2-7-18-8-6-16-10-18/h3-4,6,8-10,17H,2,5,7,15H2,1H3. The summed E-state index contributed by atoms with van der Waals surface area (Å²) >= 11 is 0. The highest BCUT2D eigenvalue weighted by Crippen LogP contribution is 2.18. The molecule has 0 unspecified atom stereocenters. The highest BCUT2D eigenvalue weighted by atomic mass is 16.1. The Bertz CT molecular complexity index is 549. The number of ketones is 1. The molecule has 0 aliphatic heterocycles. The van der Waals surface area contributed by atoms with Gasteiger partial charge in [-0.25, -0.2) is 4.98 Å². The number of carbonyl (C=O) groups excluding carboxylic acids is 1. The molecule has 0 fully saturated rings. The number of aryl methyl sites for hydroxylation is 1. The number of rotatable bonds is 6. The van der Waals surface area contributed by atoms with E-state index in [4.69, 9.17) is 5.73 Å². The summed E-state index contributed by atoms with van der Waals surface area (Å²) in [6.07, 6.45) is 6.51. The zero-order chi connectivity index (χ0) is 13.7. The fourth-order valence-electron chi connectivity index (χ4n) is 1.91. The van der Waals surface area contributed by atoms with Gasteiger partial charge in [0.25, 0.3) is 0 Å². The number of nitrogens with one attached hydrogen (secondary N) is 1. The van der Waals surface area contributed by atoms with Crippen LogP contribution in [0.5, 0.6) is 0 Å². The molecule has 1 heterocycles. The van der Waals surface area contributed by atoms with Crippen LogP contribution in [0.2, 0.25) is 0 Å². The Kier molecular flexibility index (Phi) is 4.18. The molecule has 2 aromatic rings. The average molecular weight is 258 g/mol. The van der Waals surface area contributed by atoms with Gasteiger partial charge in [0.15, 0.2) is 5.78 Å². The summed E-state index contributed by atoms with van der Waals surface area (Å²) in [4.78, 5) is 15.3. The predicted molar refractivity (Wildman–Crippen MR) is 76.2 cm³/mol. The molecule has 1 aromatic heterocycles. The molecule has 0 aliphatic rings. The summed E-state index contributed by atoms with van der Waals surface area (Å²) < 4.78 is 2.04. The van der Waals surface area contributed by atoms with Crippen molar-refractivity contribution in [3.63, 3.8) is 0 Å². The molecule has 0 bridgehead atoms. The largest absolute Gasteiger partial charge is 0.398 e. The molecule has 0 amide bonds. The van der Waals surface area contributed by atoms with Crippen LogP contribution < -0.4 is 11.1 Å². The van der Waals surface area contributed by atoms with Gasteiger partial charge in [-0.2, -0.15) is 0 Å². The van der Waals surface area contributed by atoms with Crippen molar-refractivity contribution in [3.8, 4) is 0 Å². The predicted octanol–water partition coefficient (Wildman–Crippen LogP) is 2.17. The lowest BCUT2D eigenvalue weighted by atomic mass is 10.1. The van der Waals surface area contributed by atoms with Crippen molar-refractivity contribution in [2.24, 2.45) is 0 Å². The third kappa shape index (κ3) is 3.58. The third-order valence-electron chi connectivity index (χ3n) is 2.91. The van der Waals surface area contributed by atoms with Crippen LogP contribution in [0, 0.1) is 0 Å². The first-order valence-corrected chi connectivity index (χ1v) is 6.27. The van der Waals surface area contributed by atoms with E-state index in [0.29, 0.717) is 11.3 Å². The number of nitrogen functional groups attached to an aromatic ring is 1. The number of hydrogen-bond acceptors (Lipinski definition) is 4. The second kappa shape index (κ2) is 6.04. The molecule has 100 valence electrons. The second-order valence-corrected chi connectivity index (χ2v) is 4.44. The smallest absolute Gasteiger partial charge is 0.161 e. The summed E-state index contributed by atoms with van der Waals surface area (Å²) in [5.41, 5.74) is 7.86. The number of anilines is 2. The van der Waals surface area contributed by atoms with Gasteiger partial charge in [0.2, 0.25) is 0 Å². The van der Waals surface area contributed by atoms with Crippen molar-refractivity contribution in [2.45, 2.75) is 19.9 Å². The topological polar surface area (TPSA) is 72.9 Å². The first-order valence-electron chi connectivity index (χ1n) is 6.27. The Morgan fingerprint density at radius 1 is 1.47 bits per heavy atom. The van der Waals surface area contributed by atoms with Crippen LogP contribution in [0.15, 0.2) is 36.9 Å². The van der Waals surface area contributed by atoms with Crippen LogP contribution in [0.1, 0.15) is 23.7 Å². The Balaban J connectivity index is 1.83. The Hall–Kier alpha value is -2.30. The van der Waals surface area contributed by atoms with Gasteiger partial charge in [-0.3, -0.25) is 4.79 Å². The molecule has 1 aromatic carbocycles. The number of benzene rings is 1. The highest BCUT2D eigenvalue weighted by Gasteiger charge is 2.04. The summed E-state index contributed by atoms with van der Waals surface area (Å²) in [7, 11) is 0. The van der Waals surface area contributed by atoms with Gasteiger partial charge in [0.05, 0.1) is 6.33 Å². The van der Waals surface area contributed by atoms with Gasteiger partial charge in [-0.15, -0.1) is 0 Å². The van der Waals surface area contributed by atoms with Crippen LogP contribution in [-0.2, 0) is 6.54 Å². The molecular formula is C14H18N4O. The zero-order valence-electron chi connectivity index (χ0n) is 11.0. The minimum Gasteiger partial charge on any atom is -0.398 e. The van der Waals surface area contributed by atoms with E-state index in [1.807, 2.05) is 16.8 Å². The first kappa shape index (κ1) is 13.1. The van der Waals surface area contributed by atoms with Gasteiger partial charge in [0, 0.05) is 42.4 Å². The number of carbonyl (C=O) groups is 1. The maximum atomic E-state index is 11.3. The summed E-state index contributed by atoms with van der Waals surface area (Å²) in [6.45, 7) is 3.29. The van der Waals surface area contributed by atoms with Crippen molar-refractivity contribution in [2.75, 3.05) is 17.6 Å². The van der Waals surface area contributed by atoms with E-state index < -0.39 is 0 Å². The Morgan fingerprint density at radius 2 is 2.32 bits per heavy atom. The summed E-state index contributed by atoms with van der Waals surface area (Å²) in [5, 5.41) is 3.29. The minimum absolute atomic E-state index is 0.0100. The van der Waals surface area contributed by atoms with Crippen molar-refractivity contribution in [1.82, 2.24) is 9.55 Å². The van der Waals surface area contributed by atoms with E-state index in [9.17, 15) is 4.79 Å². The number of hydrogen-bond donors (Lipinski definition) is 2. The number of aromatic nitrogens is 2. The lowest BCUT2D eigenvalue weighted by Gasteiger charge is -2.09. The minimum atomic E-state index is -0.0100. The van der Waals surface area contributed by atoms with Crippen LogP contribution in [0.4, 0.5) is 11.4 Å². The molecule has 0 saturated carbocycles. The van der Waals surface area contributed by atoms with Crippen molar-refractivity contribution < 1.29 is 4.79 Å². The van der Waals surface area contributed by atoms with Gasteiger partial charge in [-0.05, 0) is 31.5 Å². The van der Waals surface area contributed by atoms with E-state index >= 15 is 0 Å².